The van der Waals surface area contributed by atoms with Gasteiger partial charge in [0, 0.05) is 17.3 Å². The normalized spacial score (nSPS) is 12.8. The zero-order valence-electron chi connectivity index (χ0n) is 6.91. The Bertz CT molecular complexity index is 282. The van der Waals surface area contributed by atoms with Gasteiger partial charge in [-0.15, -0.1) is 11.3 Å². The molecule has 4 heteroatoms. The summed E-state index contributed by atoms with van der Waals surface area (Å²) in [5.41, 5.74) is 11.8. The van der Waals surface area contributed by atoms with Crippen molar-refractivity contribution in [3.63, 3.8) is 0 Å². The van der Waals surface area contributed by atoms with Crippen molar-refractivity contribution in [1.29, 1.82) is 0 Å². The molecule has 0 aromatic carbocycles. The van der Waals surface area contributed by atoms with Crippen LogP contribution in [0.5, 0.6) is 0 Å². The smallest absolute Gasteiger partial charge is 0.219 e. The highest BCUT2D eigenvalue weighted by atomic mass is 32.1. The molecule has 0 aliphatic carbocycles. The average molecular weight is 184 g/mol. The summed E-state index contributed by atoms with van der Waals surface area (Å²) in [4.78, 5) is 11.7. The van der Waals surface area contributed by atoms with Crippen molar-refractivity contribution < 1.29 is 4.79 Å². The molecule has 0 bridgehead atoms. The molecule has 12 heavy (non-hydrogen) atoms. The predicted octanol–water partition coefficient (Wildman–Crippen LogP) is 0.932. The first kappa shape index (κ1) is 9.22. The number of rotatable bonds is 3. The maximum Gasteiger partial charge on any atom is 0.219 e. The van der Waals surface area contributed by atoms with Gasteiger partial charge >= 0.3 is 0 Å². The number of carbonyl (C=O) groups excluding carboxylic acids is 1. The number of hydrogen-bond acceptors (Lipinski definition) is 3. The van der Waals surface area contributed by atoms with Crippen LogP contribution in [0.1, 0.15) is 22.9 Å². The molecule has 0 fully saturated rings. The Morgan fingerprint density at radius 2 is 2.42 bits per heavy atom. The minimum atomic E-state index is -0.354. The number of amides is 1. The van der Waals surface area contributed by atoms with Crippen molar-refractivity contribution >= 4 is 17.2 Å². The number of primary amides is 1. The lowest BCUT2D eigenvalue weighted by atomic mass is 10.1. The van der Waals surface area contributed by atoms with Gasteiger partial charge in [-0.05, 0) is 23.9 Å². The average Bonchev–Trinajstić information content (AvgIpc) is 2.33. The molecule has 0 saturated carbocycles. The van der Waals surface area contributed by atoms with E-state index in [-0.39, 0.29) is 18.4 Å². The minimum absolute atomic E-state index is 0.220. The highest BCUT2D eigenvalue weighted by molar-refractivity contribution is 7.10. The van der Waals surface area contributed by atoms with E-state index in [4.69, 9.17) is 11.5 Å². The highest BCUT2D eigenvalue weighted by Gasteiger charge is 2.11. The summed E-state index contributed by atoms with van der Waals surface area (Å²) in [7, 11) is 0. The van der Waals surface area contributed by atoms with Gasteiger partial charge in [0.05, 0.1) is 0 Å². The fourth-order valence-electron chi connectivity index (χ4n) is 1.11. The van der Waals surface area contributed by atoms with Crippen molar-refractivity contribution in [2.45, 2.75) is 19.4 Å². The molecule has 1 heterocycles. The van der Waals surface area contributed by atoms with Crippen molar-refractivity contribution in [3.8, 4) is 0 Å². The van der Waals surface area contributed by atoms with E-state index in [1.807, 2.05) is 18.4 Å². The molecular weight excluding hydrogens is 172 g/mol. The summed E-state index contributed by atoms with van der Waals surface area (Å²) in [6, 6.07) is 1.70. The van der Waals surface area contributed by atoms with E-state index >= 15 is 0 Å². The molecule has 3 nitrogen and oxygen atoms in total. The first-order chi connectivity index (χ1) is 5.61. The highest BCUT2D eigenvalue weighted by Crippen LogP contribution is 2.22. The monoisotopic (exact) mass is 184 g/mol. The van der Waals surface area contributed by atoms with E-state index < -0.39 is 0 Å². The molecule has 0 saturated heterocycles. The van der Waals surface area contributed by atoms with Gasteiger partial charge in [-0.2, -0.15) is 0 Å². The largest absolute Gasteiger partial charge is 0.370 e. The van der Waals surface area contributed by atoms with Gasteiger partial charge in [0.1, 0.15) is 0 Å². The third-order valence-electron chi connectivity index (χ3n) is 1.72. The SMILES string of the molecule is Cc1sccc1[C@@H](N)CC(N)=O. The molecule has 1 rings (SSSR count). The first-order valence-corrected chi connectivity index (χ1v) is 4.57. The molecule has 1 atom stereocenters. The fraction of sp³-hybridized carbons (Fsp3) is 0.375. The van der Waals surface area contributed by atoms with E-state index in [2.05, 4.69) is 0 Å². The second-order valence-corrected chi connectivity index (χ2v) is 3.83. The van der Waals surface area contributed by atoms with Crippen molar-refractivity contribution in [2.24, 2.45) is 11.5 Å². The molecule has 66 valence electrons. The van der Waals surface area contributed by atoms with Crippen LogP contribution in [0.4, 0.5) is 0 Å². The predicted molar refractivity (Wildman–Crippen MR) is 49.8 cm³/mol. The van der Waals surface area contributed by atoms with Gasteiger partial charge in [0.15, 0.2) is 0 Å². The second-order valence-electron chi connectivity index (χ2n) is 2.71. The van der Waals surface area contributed by atoms with Gasteiger partial charge < -0.3 is 11.5 Å². The van der Waals surface area contributed by atoms with Crippen LogP contribution in [0.25, 0.3) is 0 Å². The van der Waals surface area contributed by atoms with Crippen LogP contribution >= 0.6 is 11.3 Å². The topological polar surface area (TPSA) is 69.1 Å². The molecule has 1 amide bonds. The number of thiophene rings is 1. The summed E-state index contributed by atoms with van der Waals surface area (Å²) in [6.07, 6.45) is 0.220. The summed E-state index contributed by atoms with van der Waals surface area (Å²) in [5.74, 6) is -0.354. The number of hydrogen-bond donors (Lipinski definition) is 2. The Labute approximate surface area is 75.4 Å². The maximum atomic E-state index is 10.6. The third-order valence-corrected chi connectivity index (χ3v) is 2.58. The minimum Gasteiger partial charge on any atom is -0.370 e. The zero-order chi connectivity index (χ0) is 9.14. The van der Waals surface area contributed by atoms with E-state index in [1.54, 1.807) is 11.3 Å². The van der Waals surface area contributed by atoms with Crippen LogP contribution in [0.2, 0.25) is 0 Å². The van der Waals surface area contributed by atoms with Crippen molar-refractivity contribution in [1.82, 2.24) is 0 Å². The summed E-state index contributed by atoms with van der Waals surface area (Å²) >= 11 is 1.63. The number of aryl methyl sites for hydroxylation is 1. The first-order valence-electron chi connectivity index (χ1n) is 3.69. The van der Waals surface area contributed by atoms with Gasteiger partial charge in [-0.25, -0.2) is 0 Å². The van der Waals surface area contributed by atoms with E-state index in [1.165, 1.54) is 0 Å². The van der Waals surface area contributed by atoms with Gasteiger partial charge in [-0.1, -0.05) is 0 Å². The van der Waals surface area contributed by atoms with Crippen molar-refractivity contribution in [3.05, 3.63) is 21.9 Å². The maximum absolute atomic E-state index is 10.6. The molecule has 1 aromatic rings. The Balaban J connectivity index is 2.71. The molecular formula is C8H12N2OS. The lowest BCUT2D eigenvalue weighted by Crippen LogP contribution is -2.20. The van der Waals surface area contributed by atoms with Gasteiger partial charge in [0.25, 0.3) is 0 Å². The molecule has 0 spiro atoms. The van der Waals surface area contributed by atoms with Crippen LogP contribution in [0.3, 0.4) is 0 Å². The third kappa shape index (κ3) is 2.06. The van der Waals surface area contributed by atoms with Crippen molar-refractivity contribution in [2.75, 3.05) is 0 Å². The van der Waals surface area contributed by atoms with Crippen LogP contribution in [0.15, 0.2) is 11.4 Å². The summed E-state index contributed by atoms with van der Waals surface area (Å²) in [6.45, 7) is 1.99. The summed E-state index contributed by atoms with van der Waals surface area (Å²) in [5, 5.41) is 1.96. The Kier molecular flexibility index (Phi) is 2.83. The molecule has 0 radical (unpaired) electrons. The van der Waals surface area contributed by atoms with Crippen LogP contribution in [-0.2, 0) is 4.79 Å². The molecule has 0 unspecified atom stereocenters. The van der Waals surface area contributed by atoms with E-state index in [9.17, 15) is 4.79 Å². The molecule has 4 N–H and O–H groups in total. The van der Waals surface area contributed by atoms with Crippen LogP contribution in [0, 0.1) is 6.92 Å². The Morgan fingerprint density at radius 3 is 2.83 bits per heavy atom. The lowest BCUT2D eigenvalue weighted by molar-refractivity contribution is -0.118. The van der Waals surface area contributed by atoms with Crippen LogP contribution in [-0.4, -0.2) is 5.91 Å². The fourth-order valence-corrected chi connectivity index (χ4v) is 1.88. The van der Waals surface area contributed by atoms with Gasteiger partial charge in [0.2, 0.25) is 5.91 Å². The quantitative estimate of drug-likeness (QED) is 0.733. The number of carbonyl (C=O) groups is 1. The second kappa shape index (κ2) is 3.69. The lowest BCUT2D eigenvalue weighted by Gasteiger charge is -2.07. The Hall–Kier alpha value is -0.870. The standard InChI is InChI=1S/C8H12N2OS/c1-5-6(2-3-12-5)7(9)4-8(10)11/h2-3,7H,4,9H2,1H3,(H2,10,11)/t7-/m0/s1. The van der Waals surface area contributed by atoms with Crippen LogP contribution < -0.4 is 11.5 Å². The Morgan fingerprint density at radius 1 is 1.75 bits per heavy atom. The zero-order valence-corrected chi connectivity index (χ0v) is 7.73. The molecule has 0 aliphatic heterocycles. The molecule has 0 aliphatic rings. The summed E-state index contributed by atoms with van der Waals surface area (Å²) < 4.78 is 0. The van der Waals surface area contributed by atoms with E-state index in [0.717, 1.165) is 10.4 Å². The molecule has 1 aromatic heterocycles. The number of nitrogens with two attached hydrogens (primary N) is 2. The van der Waals surface area contributed by atoms with Gasteiger partial charge in [-0.3, -0.25) is 4.79 Å². The van der Waals surface area contributed by atoms with E-state index in [0.29, 0.717) is 0 Å².